The number of methoxy groups -OCH3 is 1. The maximum Gasteiger partial charge on any atom is 0.409 e. The number of benzene rings is 1. The molecule has 0 bridgehead atoms. The second kappa shape index (κ2) is 11.4. The van der Waals surface area contributed by atoms with Gasteiger partial charge < -0.3 is 34.7 Å². The number of hydrogen-bond donors (Lipinski definition) is 3. The molecule has 0 spiro atoms. The van der Waals surface area contributed by atoms with Crippen LogP contribution in [0.15, 0.2) is 29.1 Å². The number of aromatic amines is 1. The van der Waals surface area contributed by atoms with Crippen LogP contribution < -0.4 is 15.5 Å². The molecular formula is C23H28N4O8. The lowest BCUT2D eigenvalue weighted by Crippen LogP contribution is -2.56. The number of pyridine rings is 1. The number of H-pyrrole nitrogens is 1. The Labute approximate surface area is 200 Å². The van der Waals surface area contributed by atoms with E-state index in [2.05, 4.69) is 10.3 Å². The number of nitrogens with one attached hydrogen (secondary N) is 2. The molecule has 35 heavy (non-hydrogen) atoms. The van der Waals surface area contributed by atoms with Gasteiger partial charge in [-0.3, -0.25) is 19.2 Å². The van der Waals surface area contributed by atoms with Crippen molar-refractivity contribution in [2.45, 2.75) is 25.8 Å². The zero-order valence-electron chi connectivity index (χ0n) is 19.5. The smallest absolute Gasteiger partial charge is 0.409 e. The molecule has 1 aliphatic rings. The molecule has 1 saturated heterocycles. The van der Waals surface area contributed by atoms with Crippen LogP contribution in [-0.2, 0) is 14.3 Å². The summed E-state index contributed by atoms with van der Waals surface area (Å²) in [5, 5.41) is 12.0. The second-order valence-corrected chi connectivity index (χ2v) is 7.90. The van der Waals surface area contributed by atoms with Crippen molar-refractivity contribution in [2.75, 3.05) is 39.9 Å². The Morgan fingerprint density at radius 3 is 2.46 bits per heavy atom. The summed E-state index contributed by atoms with van der Waals surface area (Å²) in [6, 6.07) is 4.86. The minimum absolute atomic E-state index is 0.0905. The Morgan fingerprint density at radius 1 is 1.14 bits per heavy atom. The predicted octanol–water partition coefficient (Wildman–Crippen LogP) is 0.801. The van der Waals surface area contributed by atoms with Gasteiger partial charge in [-0.05, 0) is 25.5 Å². The standard InChI is InChI=1S/C23H28N4O8/c1-3-35-23(33)27-11-9-26(10-12-27)22(32)15(7-8-19(29)30)25-21(31)16-13-17(28)14-5-4-6-18(34-2)20(14)24-16/h4-6,13,15H,3,7-12H2,1-2H3,(H,24,28)(H,25,31)(H,29,30). The summed E-state index contributed by atoms with van der Waals surface area (Å²) < 4.78 is 10.2. The first kappa shape index (κ1) is 25.5. The molecule has 0 saturated carbocycles. The monoisotopic (exact) mass is 488 g/mol. The molecule has 1 aromatic carbocycles. The second-order valence-electron chi connectivity index (χ2n) is 7.90. The molecule has 1 atom stereocenters. The molecule has 12 heteroatoms. The Balaban J connectivity index is 1.77. The highest BCUT2D eigenvalue weighted by Crippen LogP contribution is 2.21. The number of carbonyl (C=O) groups excluding carboxylic acids is 3. The molecular weight excluding hydrogens is 460 g/mol. The van der Waals surface area contributed by atoms with Gasteiger partial charge in [-0.15, -0.1) is 0 Å². The third kappa shape index (κ3) is 6.08. The van der Waals surface area contributed by atoms with Crippen molar-refractivity contribution in [1.82, 2.24) is 20.1 Å². The Hall–Kier alpha value is -4.09. The number of carboxylic acids is 1. The highest BCUT2D eigenvalue weighted by Gasteiger charge is 2.31. The van der Waals surface area contributed by atoms with E-state index in [1.165, 1.54) is 16.9 Å². The van der Waals surface area contributed by atoms with Crippen LogP contribution in [0, 0.1) is 0 Å². The summed E-state index contributed by atoms with van der Waals surface area (Å²) in [6.07, 6.45) is -0.952. The first-order valence-electron chi connectivity index (χ1n) is 11.2. The van der Waals surface area contributed by atoms with Crippen LogP contribution in [0.1, 0.15) is 30.3 Å². The number of rotatable bonds is 8. The van der Waals surface area contributed by atoms with Crippen LogP contribution in [0.25, 0.3) is 10.9 Å². The minimum Gasteiger partial charge on any atom is -0.495 e. The van der Waals surface area contributed by atoms with Gasteiger partial charge in [-0.2, -0.15) is 0 Å². The highest BCUT2D eigenvalue weighted by atomic mass is 16.6. The number of piperazine rings is 1. The Bertz CT molecular complexity index is 1170. The number of para-hydroxylation sites is 1. The molecule has 1 aromatic heterocycles. The van der Waals surface area contributed by atoms with E-state index in [1.807, 2.05) is 0 Å². The van der Waals surface area contributed by atoms with Gasteiger partial charge in [-0.25, -0.2) is 4.79 Å². The molecule has 1 aliphatic heterocycles. The van der Waals surface area contributed by atoms with Crippen molar-refractivity contribution in [3.05, 3.63) is 40.2 Å². The maximum atomic E-state index is 13.2. The summed E-state index contributed by atoms with van der Waals surface area (Å²) in [6.45, 7) is 2.86. The topological polar surface area (TPSA) is 158 Å². The predicted molar refractivity (Wildman–Crippen MR) is 124 cm³/mol. The lowest BCUT2D eigenvalue weighted by molar-refractivity contribution is -0.138. The van der Waals surface area contributed by atoms with E-state index in [1.54, 1.807) is 25.1 Å². The normalized spacial score (nSPS) is 14.3. The fourth-order valence-electron chi connectivity index (χ4n) is 3.84. The van der Waals surface area contributed by atoms with Gasteiger partial charge in [0.2, 0.25) is 5.91 Å². The fraction of sp³-hybridized carbons (Fsp3) is 0.435. The van der Waals surface area contributed by atoms with Crippen molar-refractivity contribution < 1.29 is 33.8 Å². The lowest BCUT2D eigenvalue weighted by Gasteiger charge is -2.35. The van der Waals surface area contributed by atoms with Crippen LogP contribution >= 0.6 is 0 Å². The number of aliphatic carboxylic acids is 1. The quantitative estimate of drug-likeness (QED) is 0.492. The van der Waals surface area contributed by atoms with Crippen LogP contribution in [0.3, 0.4) is 0 Å². The molecule has 3 amide bonds. The number of carboxylic acid groups (broad SMARTS) is 1. The summed E-state index contributed by atoms with van der Waals surface area (Å²) in [5.41, 5.74) is -0.172. The molecule has 188 valence electrons. The van der Waals surface area contributed by atoms with Gasteiger partial charge in [-0.1, -0.05) is 6.07 Å². The molecule has 0 radical (unpaired) electrons. The molecule has 2 aromatic rings. The van der Waals surface area contributed by atoms with Crippen LogP contribution in [0.4, 0.5) is 4.79 Å². The molecule has 2 heterocycles. The summed E-state index contributed by atoms with van der Waals surface area (Å²) in [5.74, 6) is -1.95. The first-order valence-corrected chi connectivity index (χ1v) is 11.2. The summed E-state index contributed by atoms with van der Waals surface area (Å²) in [4.78, 5) is 67.5. The zero-order valence-corrected chi connectivity index (χ0v) is 19.5. The number of nitrogens with zero attached hydrogens (tertiary/aromatic N) is 2. The number of aromatic nitrogens is 1. The van der Waals surface area contributed by atoms with Gasteiger partial charge in [0.05, 0.1) is 19.2 Å². The fourth-order valence-corrected chi connectivity index (χ4v) is 3.84. The van der Waals surface area contributed by atoms with Gasteiger partial charge in [0.1, 0.15) is 17.5 Å². The number of ether oxygens (including phenoxy) is 2. The van der Waals surface area contributed by atoms with E-state index >= 15 is 0 Å². The van der Waals surface area contributed by atoms with Crippen molar-refractivity contribution in [3.8, 4) is 5.75 Å². The number of hydrogen-bond acceptors (Lipinski definition) is 7. The average Bonchev–Trinajstić information content (AvgIpc) is 2.85. The first-order chi connectivity index (χ1) is 16.7. The van der Waals surface area contributed by atoms with E-state index in [9.17, 15) is 24.0 Å². The molecule has 3 rings (SSSR count). The molecule has 12 nitrogen and oxygen atoms in total. The summed E-state index contributed by atoms with van der Waals surface area (Å²) >= 11 is 0. The van der Waals surface area contributed by atoms with Gasteiger partial charge in [0.25, 0.3) is 5.91 Å². The van der Waals surface area contributed by atoms with Gasteiger partial charge in [0.15, 0.2) is 5.43 Å². The van der Waals surface area contributed by atoms with E-state index in [0.29, 0.717) is 16.7 Å². The van der Waals surface area contributed by atoms with Crippen molar-refractivity contribution in [2.24, 2.45) is 0 Å². The van der Waals surface area contributed by atoms with Crippen LogP contribution in [-0.4, -0.2) is 89.7 Å². The molecule has 1 unspecified atom stereocenters. The molecule has 0 aliphatic carbocycles. The number of carbonyl (C=O) groups is 4. The number of amides is 3. The minimum atomic E-state index is -1.13. The SMILES string of the molecule is CCOC(=O)N1CCN(C(=O)C(CCC(=O)O)NC(=O)c2cc(=O)c3cccc(OC)c3[nH]2)CC1. The van der Waals surface area contributed by atoms with E-state index < -0.39 is 35.3 Å². The van der Waals surface area contributed by atoms with Gasteiger partial charge in [0, 0.05) is 44.1 Å². The largest absolute Gasteiger partial charge is 0.495 e. The van der Waals surface area contributed by atoms with E-state index in [0.717, 1.165) is 6.07 Å². The van der Waals surface area contributed by atoms with Crippen LogP contribution in [0.5, 0.6) is 5.75 Å². The maximum absolute atomic E-state index is 13.2. The zero-order chi connectivity index (χ0) is 25.5. The van der Waals surface area contributed by atoms with Gasteiger partial charge >= 0.3 is 12.1 Å². The lowest BCUT2D eigenvalue weighted by atomic mass is 10.1. The van der Waals surface area contributed by atoms with Crippen molar-refractivity contribution in [1.29, 1.82) is 0 Å². The van der Waals surface area contributed by atoms with Crippen LogP contribution in [0.2, 0.25) is 0 Å². The van der Waals surface area contributed by atoms with E-state index in [4.69, 9.17) is 14.6 Å². The molecule has 3 N–H and O–H groups in total. The number of fused-ring (bicyclic) bond motifs is 1. The van der Waals surface area contributed by atoms with Crippen molar-refractivity contribution >= 4 is 34.8 Å². The summed E-state index contributed by atoms with van der Waals surface area (Å²) in [7, 11) is 1.43. The molecule has 1 fully saturated rings. The van der Waals surface area contributed by atoms with Crippen molar-refractivity contribution in [3.63, 3.8) is 0 Å². The van der Waals surface area contributed by atoms with E-state index in [-0.39, 0.29) is 51.3 Å². The Kier molecular flexibility index (Phi) is 8.29. The third-order valence-electron chi connectivity index (χ3n) is 5.66. The Morgan fingerprint density at radius 2 is 1.83 bits per heavy atom. The third-order valence-corrected chi connectivity index (χ3v) is 5.66. The average molecular weight is 488 g/mol. The highest BCUT2D eigenvalue weighted by molar-refractivity contribution is 5.98.